The molecule has 226 valence electrons. The maximum Gasteiger partial charge on any atom is 0.260 e. The molecule has 5 heterocycles. The largest absolute Gasteiger partial charge is 0.366 e. The Balaban J connectivity index is 1.30. The molecule has 0 aliphatic carbocycles. The normalized spacial score (nSPS) is 19.7. The summed E-state index contributed by atoms with van der Waals surface area (Å²) >= 11 is 0. The van der Waals surface area contributed by atoms with Crippen LogP contribution in [0.4, 0.5) is 21.7 Å². The third kappa shape index (κ3) is 5.96. The second-order valence-corrected chi connectivity index (χ2v) is 12.2. The van der Waals surface area contributed by atoms with Crippen molar-refractivity contribution in [1.82, 2.24) is 35.1 Å². The van der Waals surface area contributed by atoms with Crippen molar-refractivity contribution in [2.45, 2.75) is 71.5 Å². The number of nitrogens with zero attached hydrogens (tertiary/aromatic N) is 6. The predicted octanol–water partition coefficient (Wildman–Crippen LogP) is 4.67. The number of anilines is 3. The van der Waals surface area contributed by atoms with Crippen LogP contribution in [0.15, 0.2) is 41.5 Å². The van der Waals surface area contributed by atoms with E-state index in [1.165, 1.54) is 6.07 Å². The quantitative estimate of drug-likeness (QED) is 0.297. The number of benzene rings is 1. The fourth-order valence-electron chi connectivity index (χ4n) is 6.37. The van der Waals surface area contributed by atoms with Crippen LogP contribution in [0.1, 0.15) is 64.0 Å². The maximum absolute atomic E-state index is 15.2. The van der Waals surface area contributed by atoms with Gasteiger partial charge in [-0.15, -0.1) is 0 Å². The Morgan fingerprint density at radius 1 is 1.00 bits per heavy atom. The zero-order chi connectivity index (χ0) is 30.2. The summed E-state index contributed by atoms with van der Waals surface area (Å²) in [5, 5.41) is 10.7. The highest BCUT2D eigenvalue weighted by atomic mass is 19.1. The van der Waals surface area contributed by atoms with E-state index in [0.717, 1.165) is 55.9 Å². The summed E-state index contributed by atoms with van der Waals surface area (Å²) in [5.74, 6) is 1.15. The van der Waals surface area contributed by atoms with Gasteiger partial charge < -0.3 is 20.9 Å². The number of aromatic nitrogens is 5. The Kier molecular flexibility index (Phi) is 8.11. The number of hydrogen-bond acceptors (Lipinski definition) is 9. The van der Waals surface area contributed by atoms with Crippen molar-refractivity contribution in [3.63, 3.8) is 0 Å². The standard InChI is InChI=1S/C32H40FN9O/c1-18(2)42-30-23(12-25(31(42)43)26-15-35-29(38-21(26)5)22-8-10-34-11-9-22)14-36-32(40-30)39-24-6-7-28(27(33)13-24)41-16-19(3)37-20(4)17-41/h6-7,12-15,18-20,22,34,37H,8-11,16-17H2,1-5H3,(H,36,39,40)/t19-,20+. The molecule has 6 rings (SSSR count). The van der Waals surface area contributed by atoms with Crippen molar-refractivity contribution in [2.75, 3.05) is 36.4 Å². The fraction of sp³-hybridized carbons (Fsp3) is 0.469. The Hall–Kier alpha value is -3.96. The van der Waals surface area contributed by atoms with E-state index in [0.29, 0.717) is 34.1 Å². The monoisotopic (exact) mass is 585 g/mol. The van der Waals surface area contributed by atoms with Gasteiger partial charge in [0, 0.05) is 71.9 Å². The Bertz CT molecular complexity index is 1690. The summed E-state index contributed by atoms with van der Waals surface area (Å²) in [6.45, 7) is 13.5. The van der Waals surface area contributed by atoms with Gasteiger partial charge in [-0.1, -0.05) is 0 Å². The highest BCUT2D eigenvalue weighted by molar-refractivity contribution is 5.82. The molecule has 3 N–H and O–H groups in total. The minimum atomic E-state index is -0.306. The molecule has 2 aliphatic heterocycles. The second-order valence-electron chi connectivity index (χ2n) is 12.2. The van der Waals surface area contributed by atoms with Gasteiger partial charge in [0.15, 0.2) is 0 Å². The Labute approximate surface area is 251 Å². The van der Waals surface area contributed by atoms with Gasteiger partial charge in [-0.3, -0.25) is 9.36 Å². The molecule has 0 radical (unpaired) electrons. The lowest BCUT2D eigenvalue weighted by atomic mass is 9.96. The van der Waals surface area contributed by atoms with Gasteiger partial charge in [0.25, 0.3) is 5.56 Å². The average Bonchev–Trinajstić information content (AvgIpc) is 2.97. The predicted molar refractivity (Wildman–Crippen MR) is 169 cm³/mol. The Morgan fingerprint density at radius 2 is 1.74 bits per heavy atom. The molecule has 0 bridgehead atoms. The van der Waals surface area contributed by atoms with E-state index in [-0.39, 0.29) is 35.5 Å². The maximum atomic E-state index is 15.2. The van der Waals surface area contributed by atoms with Gasteiger partial charge in [-0.25, -0.2) is 19.3 Å². The third-order valence-corrected chi connectivity index (χ3v) is 8.38. The summed E-state index contributed by atoms with van der Waals surface area (Å²) in [6, 6.07) is 7.31. The second kappa shape index (κ2) is 12.0. The van der Waals surface area contributed by atoms with Crippen molar-refractivity contribution in [1.29, 1.82) is 0 Å². The minimum absolute atomic E-state index is 0.159. The average molecular weight is 586 g/mol. The first-order valence-corrected chi connectivity index (χ1v) is 15.2. The number of piperidine rings is 1. The Morgan fingerprint density at radius 3 is 2.42 bits per heavy atom. The lowest BCUT2D eigenvalue weighted by molar-refractivity contribution is 0.404. The van der Waals surface area contributed by atoms with E-state index in [1.54, 1.807) is 23.0 Å². The number of piperazine rings is 1. The topological polar surface area (TPSA) is 113 Å². The van der Waals surface area contributed by atoms with Crippen LogP contribution in [0.25, 0.3) is 22.2 Å². The van der Waals surface area contributed by atoms with Gasteiger partial charge in [0.05, 0.1) is 11.3 Å². The van der Waals surface area contributed by atoms with E-state index < -0.39 is 0 Å². The van der Waals surface area contributed by atoms with Crippen molar-refractivity contribution >= 4 is 28.4 Å². The van der Waals surface area contributed by atoms with Crippen molar-refractivity contribution in [3.05, 3.63) is 64.3 Å². The molecular weight excluding hydrogens is 545 g/mol. The number of nitrogens with one attached hydrogen (secondary N) is 3. The highest BCUT2D eigenvalue weighted by Gasteiger charge is 2.24. The highest BCUT2D eigenvalue weighted by Crippen LogP contribution is 2.29. The summed E-state index contributed by atoms with van der Waals surface area (Å²) in [4.78, 5) is 34.7. The van der Waals surface area contributed by atoms with Crippen LogP contribution >= 0.6 is 0 Å². The molecular formula is C32H40FN9O. The molecule has 2 fully saturated rings. The summed E-state index contributed by atoms with van der Waals surface area (Å²) in [6.07, 6.45) is 5.49. The molecule has 0 saturated carbocycles. The molecule has 10 nitrogen and oxygen atoms in total. The third-order valence-electron chi connectivity index (χ3n) is 8.38. The summed E-state index contributed by atoms with van der Waals surface area (Å²) in [7, 11) is 0. The molecule has 2 saturated heterocycles. The van der Waals surface area contributed by atoms with E-state index in [1.807, 2.05) is 32.9 Å². The number of rotatable bonds is 6. The first kappa shape index (κ1) is 29.1. The van der Waals surface area contributed by atoms with E-state index in [9.17, 15) is 4.79 Å². The van der Waals surface area contributed by atoms with Gasteiger partial charge in [-0.2, -0.15) is 4.98 Å². The molecule has 0 spiro atoms. The van der Waals surface area contributed by atoms with Gasteiger partial charge in [-0.05, 0) is 84.8 Å². The molecule has 1 aromatic carbocycles. The number of halogens is 1. The van der Waals surface area contributed by atoms with Crippen molar-refractivity contribution < 1.29 is 4.39 Å². The SMILES string of the molecule is Cc1nc(C2CCNCC2)ncc1-c1cc2cnc(Nc3ccc(N4C[C@@H](C)N[C@@H](C)C4)c(F)c3)nc2n(C(C)C)c1=O. The van der Waals surface area contributed by atoms with Crippen LogP contribution in [0, 0.1) is 12.7 Å². The zero-order valence-electron chi connectivity index (χ0n) is 25.5. The first-order chi connectivity index (χ1) is 20.7. The fourth-order valence-corrected chi connectivity index (χ4v) is 6.37. The van der Waals surface area contributed by atoms with E-state index in [4.69, 9.17) is 9.97 Å². The number of pyridine rings is 1. The molecule has 2 atom stereocenters. The van der Waals surface area contributed by atoms with E-state index >= 15 is 4.39 Å². The zero-order valence-corrected chi connectivity index (χ0v) is 25.5. The lowest BCUT2D eigenvalue weighted by Crippen LogP contribution is -2.54. The molecule has 3 aromatic heterocycles. The first-order valence-electron chi connectivity index (χ1n) is 15.2. The summed E-state index contributed by atoms with van der Waals surface area (Å²) in [5.41, 5.74) is 3.47. The van der Waals surface area contributed by atoms with Crippen LogP contribution < -0.4 is 26.4 Å². The molecule has 2 aliphatic rings. The molecule has 4 aromatic rings. The van der Waals surface area contributed by atoms with Crippen LogP contribution in [0.2, 0.25) is 0 Å². The smallest absolute Gasteiger partial charge is 0.260 e. The number of aryl methyl sites for hydroxylation is 1. The van der Waals surface area contributed by atoms with Crippen LogP contribution in [0.3, 0.4) is 0 Å². The van der Waals surface area contributed by atoms with Crippen LogP contribution in [0.5, 0.6) is 0 Å². The van der Waals surface area contributed by atoms with Gasteiger partial charge >= 0.3 is 0 Å². The minimum Gasteiger partial charge on any atom is -0.366 e. The molecule has 0 unspecified atom stereocenters. The summed E-state index contributed by atoms with van der Waals surface area (Å²) < 4.78 is 16.9. The van der Waals surface area contributed by atoms with E-state index in [2.05, 4.69) is 44.7 Å². The molecule has 43 heavy (non-hydrogen) atoms. The van der Waals surface area contributed by atoms with Crippen molar-refractivity contribution in [2.24, 2.45) is 0 Å². The number of fused-ring (bicyclic) bond motifs is 1. The van der Waals surface area contributed by atoms with Crippen LogP contribution in [-0.2, 0) is 0 Å². The molecule has 0 amide bonds. The van der Waals surface area contributed by atoms with Crippen molar-refractivity contribution in [3.8, 4) is 11.1 Å². The van der Waals surface area contributed by atoms with Crippen LogP contribution in [-0.4, -0.2) is 62.8 Å². The number of hydrogen-bond donors (Lipinski definition) is 3. The molecule has 11 heteroatoms. The van der Waals surface area contributed by atoms with Gasteiger partial charge in [0.2, 0.25) is 5.95 Å². The lowest BCUT2D eigenvalue weighted by Gasteiger charge is -2.37. The van der Waals surface area contributed by atoms with Gasteiger partial charge in [0.1, 0.15) is 17.3 Å².